The number of pyridine rings is 1. The molecule has 0 unspecified atom stereocenters. The average Bonchev–Trinajstić information content (AvgIpc) is 3.36. The third-order valence-electron chi connectivity index (χ3n) is 4.22. The van der Waals surface area contributed by atoms with E-state index in [9.17, 15) is 0 Å². The highest BCUT2D eigenvalue weighted by molar-refractivity contribution is 7.07. The number of hydrogen-bond donors (Lipinski definition) is 0. The zero-order chi connectivity index (χ0) is 17.6. The summed E-state index contributed by atoms with van der Waals surface area (Å²) in [6.07, 6.45) is 7.80. The molecular weight excluding hydrogens is 344 g/mol. The quantitative estimate of drug-likeness (QED) is 0.650. The molecule has 0 spiro atoms. The minimum atomic E-state index is 0.230. The molecule has 132 valence electrons. The molecule has 4 rings (SSSR count). The highest BCUT2D eigenvalue weighted by Crippen LogP contribution is 2.20. The molecule has 1 aromatic carbocycles. The molecule has 1 aliphatic heterocycles. The molecule has 3 heterocycles. The smallest absolute Gasteiger partial charge is 0.206 e. The van der Waals surface area contributed by atoms with Crippen molar-refractivity contribution >= 4 is 17.6 Å². The molecule has 0 N–H and O–H groups in total. The van der Waals surface area contributed by atoms with E-state index >= 15 is 0 Å². The minimum absolute atomic E-state index is 0.230. The molecule has 1 saturated heterocycles. The lowest BCUT2D eigenvalue weighted by atomic mass is 10.2. The second-order valence-corrected chi connectivity index (χ2v) is 6.92. The van der Waals surface area contributed by atoms with Crippen LogP contribution in [-0.4, -0.2) is 35.1 Å². The van der Waals surface area contributed by atoms with Crippen LogP contribution in [0.5, 0.6) is 0 Å². The average molecular weight is 364 g/mol. The third kappa shape index (κ3) is 3.98. The Bertz CT molecular complexity index is 925. The largest absolute Gasteiger partial charge is 0.376 e. The van der Waals surface area contributed by atoms with Gasteiger partial charge in [0.1, 0.15) is 0 Å². The van der Waals surface area contributed by atoms with E-state index in [4.69, 9.17) is 9.73 Å². The van der Waals surface area contributed by atoms with E-state index < -0.39 is 0 Å². The summed E-state index contributed by atoms with van der Waals surface area (Å²) in [5, 5.41) is 6.79. The molecule has 1 fully saturated rings. The van der Waals surface area contributed by atoms with Crippen molar-refractivity contribution in [2.75, 3.05) is 13.2 Å². The van der Waals surface area contributed by atoms with E-state index in [1.807, 2.05) is 41.2 Å². The van der Waals surface area contributed by atoms with Crippen LogP contribution in [0.1, 0.15) is 18.4 Å². The van der Waals surface area contributed by atoms with Gasteiger partial charge in [-0.05, 0) is 18.9 Å². The Morgan fingerprint density at radius 3 is 2.92 bits per heavy atom. The van der Waals surface area contributed by atoms with Gasteiger partial charge in [0.25, 0.3) is 0 Å². The Morgan fingerprint density at radius 1 is 1.23 bits per heavy atom. The molecule has 2 aromatic heterocycles. The van der Waals surface area contributed by atoms with Gasteiger partial charge in [-0.25, -0.2) is 4.68 Å². The summed E-state index contributed by atoms with van der Waals surface area (Å²) in [5.41, 5.74) is 3.10. The highest BCUT2D eigenvalue weighted by atomic mass is 32.1. The standard InChI is InChI=1S/C20H20N4OS/c1-2-7-17(8-3-1)19-15-26-20(22-14-18-9-5-11-25-18)24(19)23-13-16-6-4-10-21-12-16/h1-4,6-8,10,12-13,15,18H,5,9,11,14H2/b22-20?,23-13-/t18-/m1/s1. The van der Waals surface area contributed by atoms with Crippen LogP contribution >= 0.6 is 11.3 Å². The maximum atomic E-state index is 5.69. The van der Waals surface area contributed by atoms with E-state index in [-0.39, 0.29) is 6.10 Å². The van der Waals surface area contributed by atoms with Gasteiger partial charge >= 0.3 is 0 Å². The van der Waals surface area contributed by atoms with Crippen molar-refractivity contribution in [3.05, 3.63) is 70.6 Å². The molecule has 0 aliphatic carbocycles. The van der Waals surface area contributed by atoms with Gasteiger partial charge in [0.05, 0.1) is 24.6 Å². The zero-order valence-electron chi connectivity index (χ0n) is 14.4. The summed E-state index contributed by atoms with van der Waals surface area (Å²) >= 11 is 1.60. The summed E-state index contributed by atoms with van der Waals surface area (Å²) in [7, 11) is 0. The van der Waals surface area contributed by atoms with Crippen LogP contribution in [0.25, 0.3) is 11.3 Å². The predicted molar refractivity (Wildman–Crippen MR) is 104 cm³/mol. The second-order valence-electron chi connectivity index (χ2n) is 6.09. The third-order valence-corrected chi connectivity index (χ3v) is 5.07. The lowest BCUT2D eigenvalue weighted by molar-refractivity contribution is 0.117. The SMILES string of the molecule is C(=N/n1c(-c2ccccc2)csc1=NC[C@H]1CCCO1)/c1cccnc1. The number of aromatic nitrogens is 2. The summed E-state index contributed by atoms with van der Waals surface area (Å²) in [4.78, 5) is 9.79. The van der Waals surface area contributed by atoms with Gasteiger partial charge in [-0.15, -0.1) is 11.3 Å². The van der Waals surface area contributed by atoms with Crippen LogP contribution in [-0.2, 0) is 4.74 Å². The first-order chi connectivity index (χ1) is 12.9. The maximum Gasteiger partial charge on any atom is 0.206 e. The molecule has 0 saturated carbocycles. The predicted octanol–water partition coefficient (Wildman–Crippen LogP) is 3.57. The fourth-order valence-corrected chi connectivity index (χ4v) is 3.72. The first kappa shape index (κ1) is 16.9. The normalized spacial score (nSPS) is 18.0. The molecule has 26 heavy (non-hydrogen) atoms. The molecule has 5 nitrogen and oxygen atoms in total. The van der Waals surface area contributed by atoms with E-state index in [0.29, 0.717) is 6.54 Å². The fraction of sp³-hybridized carbons (Fsp3) is 0.250. The minimum Gasteiger partial charge on any atom is -0.376 e. The van der Waals surface area contributed by atoms with Crippen LogP contribution in [0.2, 0.25) is 0 Å². The van der Waals surface area contributed by atoms with Crippen molar-refractivity contribution < 1.29 is 4.74 Å². The van der Waals surface area contributed by atoms with Crippen molar-refractivity contribution in [2.45, 2.75) is 18.9 Å². The van der Waals surface area contributed by atoms with Gasteiger partial charge in [-0.1, -0.05) is 36.4 Å². The Hall–Kier alpha value is -2.57. The number of benzene rings is 1. The Morgan fingerprint density at radius 2 is 2.15 bits per heavy atom. The Balaban J connectivity index is 1.70. The van der Waals surface area contributed by atoms with Crippen molar-refractivity contribution in [3.8, 4) is 11.3 Å². The van der Waals surface area contributed by atoms with Gasteiger partial charge in [-0.2, -0.15) is 5.10 Å². The molecule has 1 atom stereocenters. The molecular formula is C20H20N4OS. The summed E-state index contributed by atoms with van der Waals surface area (Å²) in [6, 6.07) is 14.1. The van der Waals surface area contributed by atoms with Crippen LogP contribution in [0, 0.1) is 0 Å². The van der Waals surface area contributed by atoms with Crippen LogP contribution in [0.15, 0.2) is 70.3 Å². The first-order valence-electron chi connectivity index (χ1n) is 8.72. The Kier molecular flexibility index (Phi) is 5.33. The zero-order valence-corrected chi connectivity index (χ0v) is 15.2. The van der Waals surface area contributed by atoms with Crippen LogP contribution in [0.4, 0.5) is 0 Å². The second kappa shape index (κ2) is 8.21. The summed E-state index contributed by atoms with van der Waals surface area (Å²) < 4.78 is 7.59. The van der Waals surface area contributed by atoms with Crippen molar-refractivity contribution in [3.63, 3.8) is 0 Å². The molecule has 0 amide bonds. The van der Waals surface area contributed by atoms with E-state index in [0.717, 1.165) is 41.1 Å². The van der Waals surface area contributed by atoms with Gasteiger partial charge in [-0.3, -0.25) is 9.98 Å². The number of thiazole rings is 1. The maximum absolute atomic E-state index is 5.69. The van der Waals surface area contributed by atoms with Crippen molar-refractivity contribution in [1.29, 1.82) is 0 Å². The van der Waals surface area contributed by atoms with Gasteiger partial charge < -0.3 is 4.74 Å². The first-order valence-corrected chi connectivity index (χ1v) is 9.60. The molecule has 0 radical (unpaired) electrons. The molecule has 1 aliphatic rings. The van der Waals surface area contributed by atoms with Crippen LogP contribution < -0.4 is 4.80 Å². The van der Waals surface area contributed by atoms with Gasteiger partial charge in [0, 0.05) is 35.5 Å². The van der Waals surface area contributed by atoms with Gasteiger partial charge in [0.15, 0.2) is 0 Å². The van der Waals surface area contributed by atoms with Gasteiger partial charge in [0.2, 0.25) is 4.80 Å². The Labute approximate surface area is 156 Å². The van der Waals surface area contributed by atoms with E-state index in [2.05, 4.69) is 27.6 Å². The molecule has 3 aromatic rings. The lowest BCUT2D eigenvalue weighted by Crippen LogP contribution is -2.17. The number of hydrogen-bond acceptors (Lipinski definition) is 5. The topological polar surface area (TPSA) is 51.8 Å². The monoisotopic (exact) mass is 364 g/mol. The summed E-state index contributed by atoms with van der Waals surface area (Å²) in [5.74, 6) is 0. The molecule has 0 bridgehead atoms. The molecule has 6 heteroatoms. The highest BCUT2D eigenvalue weighted by Gasteiger charge is 2.15. The number of ether oxygens (including phenoxy) is 1. The number of nitrogens with zero attached hydrogens (tertiary/aromatic N) is 4. The van der Waals surface area contributed by atoms with E-state index in [1.165, 1.54) is 0 Å². The van der Waals surface area contributed by atoms with Crippen LogP contribution in [0.3, 0.4) is 0 Å². The van der Waals surface area contributed by atoms with Crippen molar-refractivity contribution in [2.24, 2.45) is 10.1 Å². The number of rotatable bonds is 5. The summed E-state index contributed by atoms with van der Waals surface area (Å²) in [6.45, 7) is 1.52. The fourth-order valence-electron chi connectivity index (χ4n) is 2.87. The van der Waals surface area contributed by atoms with E-state index in [1.54, 1.807) is 23.7 Å². The van der Waals surface area contributed by atoms with Crippen molar-refractivity contribution in [1.82, 2.24) is 9.66 Å². The lowest BCUT2D eigenvalue weighted by Gasteiger charge is -2.05.